The van der Waals surface area contributed by atoms with Gasteiger partial charge < -0.3 is 21.6 Å². The number of aliphatic hydroxyl groups is 1. The van der Waals surface area contributed by atoms with Gasteiger partial charge in [-0.05, 0) is 42.0 Å². The number of nitrogens with zero attached hydrogens (tertiary/aromatic N) is 1. The van der Waals surface area contributed by atoms with Gasteiger partial charge in [0.1, 0.15) is 0 Å². The van der Waals surface area contributed by atoms with Crippen molar-refractivity contribution in [3.63, 3.8) is 0 Å². The summed E-state index contributed by atoms with van der Waals surface area (Å²) in [4.78, 5) is 12.1. The third kappa shape index (κ3) is 2.36. The molecular weight excluding hydrogens is 290 g/mol. The number of hydrogen-bond acceptors (Lipinski definition) is 3. The SMILES string of the molecule is CC1(C)CC(C)(C(N)=O)c2cn(-c3ccccc3)c(CO)c21.N. The highest BCUT2D eigenvalue weighted by atomic mass is 16.3. The molecule has 1 aromatic heterocycles. The van der Waals surface area contributed by atoms with E-state index in [1.807, 2.05) is 48.0 Å². The van der Waals surface area contributed by atoms with E-state index in [0.29, 0.717) is 6.42 Å². The largest absolute Gasteiger partial charge is 0.390 e. The van der Waals surface area contributed by atoms with Gasteiger partial charge in [-0.2, -0.15) is 0 Å². The van der Waals surface area contributed by atoms with Crippen LogP contribution in [0.3, 0.4) is 0 Å². The number of carbonyl (C=O) groups excluding carboxylic acids is 1. The fraction of sp³-hybridized carbons (Fsp3) is 0.389. The van der Waals surface area contributed by atoms with Crippen molar-refractivity contribution >= 4 is 5.91 Å². The van der Waals surface area contributed by atoms with E-state index < -0.39 is 5.41 Å². The van der Waals surface area contributed by atoms with Gasteiger partial charge in [0.2, 0.25) is 5.91 Å². The number of benzene rings is 1. The quantitative estimate of drug-likeness (QED) is 0.810. The molecule has 1 atom stereocenters. The maximum absolute atomic E-state index is 12.1. The second-order valence-corrected chi connectivity index (χ2v) is 6.99. The predicted octanol–water partition coefficient (Wildman–Crippen LogP) is 2.56. The summed E-state index contributed by atoms with van der Waals surface area (Å²) in [7, 11) is 0. The minimum atomic E-state index is -0.692. The summed E-state index contributed by atoms with van der Waals surface area (Å²) in [5.74, 6) is -0.311. The highest BCUT2D eigenvalue weighted by Crippen LogP contribution is 2.51. The molecule has 5 heteroatoms. The van der Waals surface area contributed by atoms with Crippen molar-refractivity contribution < 1.29 is 9.90 Å². The van der Waals surface area contributed by atoms with E-state index in [1.54, 1.807) is 0 Å². The Hall–Kier alpha value is -2.11. The van der Waals surface area contributed by atoms with Crippen LogP contribution >= 0.6 is 0 Å². The Morgan fingerprint density at radius 3 is 2.39 bits per heavy atom. The Bertz CT molecular complexity index is 734. The van der Waals surface area contributed by atoms with Crippen LogP contribution in [-0.4, -0.2) is 15.6 Å². The first-order chi connectivity index (χ1) is 10.3. The molecule has 6 N–H and O–H groups in total. The molecule has 1 heterocycles. The van der Waals surface area contributed by atoms with E-state index in [4.69, 9.17) is 5.73 Å². The number of fused-ring (bicyclic) bond motifs is 1. The molecule has 0 radical (unpaired) electrons. The van der Waals surface area contributed by atoms with E-state index in [-0.39, 0.29) is 24.1 Å². The average Bonchev–Trinajstić information content (AvgIpc) is 2.96. The highest BCUT2D eigenvalue weighted by molar-refractivity contribution is 5.88. The summed E-state index contributed by atoms with van der Waals surface area (Å²) in [5.41, 5.74) is 8.63. The lowest BCUT2D eigenvalue weighted by Crippen LogP contribution is -2.37. The smallest absolute Gasteiger partial charge is 0.227 e. The zero-order valence-corrected chi connectivity index (χ0v) is 14.0. The van der Waals surface area contributed by atoms with Crippen molar-refractivity contribution in [2.45, 2.75) is 44.6 Å². The normalized spacial score (nSPS) is 21.6. The molecule has 5 nitrogen and oxygen atoms in total. The molecule has 2 aromatic rings. The van der Waals surface area contributed by atoms with Crippen molar-refractivity contribution in [3.05, 3.63) is 53.3 Å². The van der Waals surface area contributed by atoms with Crippen LogP contribution in [0, 0.1) is 0 Å². The molecule has 0 fully saturated rings. The summed E-state index contributed by atoms with van der Waals surface area (Å²) in [5, 5.41) is 9.94. The van der Waals surface area contributed by atoms with Gasteiger partial charge in [0.25, 0.3) is 0 Å². The number of primary amides is 1. The lowest BCUT2D eigenvalue weighted by Gasteiger charge is -2.26. The fourth-order valence-electron chi connectivity index (χ4n) is 3.98. The van der Waals surface area contributed by atoms with E-state index in [1.165, 1.54) is 0 Å². The Labute approximate surface area is 136 Å². The first-order valence-corrected chi connectivity index (χ1v) is 7.52. The van der Waals surface area contributed by atoms with Crippen molar-refractivity contribution in [2.24, 2.45) is 5.73 Å². The molecule has 1 aromatic carbocycles. The molecular formula is C18H25N3O2. The van der Waals surface area contributed by atoms with Crippen LogP contribution in [0.5, 0.6) is 0 Å². The lowest BCUT2D eigenvalue weighted by molar-refractivity contribution is -0.123. The van der Waals surface area contributed by atoms with E-state index in [0.717, 1.165) is 22.5 Å². The molecule has 0 saturated heterocycles. The van der Waals surface area contributed by atoms with E-state index in [9.17, 15) is 9.90 Å². The third-order valence-electron chi connectivity index (χ3n) is 4.90. The summed E-state index contributed by atoms with van der Waals surface area (Å²) < 4.78 is 1.98. The summed E-state index contributed by atoms with van der Waals surface area (Å²) >= 11 is 0. The lowest BCUT2D eigenvalue weighted by atomic mass is 9.79. The zero-order valence-electron chi connectivity index (χ0n) is 14.0. The fourth-order valence-corrected chi connectivity index (χ4v) is 3.98. The number of carbonyl (C=O) groups is 1. The number of nitrogens with two attached hydrogens (primary N) is 1. The Morgan fingerprint density at radius 2 is 1.87 bits per heavy atom. The van der Waals surface area contributed by atoms with Crippen LogP contribution < -0.4 is 11.9 Å². The number of rotatable bonds is 3. The third-order valence-corrected chi connectivity index (χ3v) is 4.90. The maximum Gasteiger partial charge on any atom is 0.227 e. The monoisotopic (exact) mass is 315 g/mol. The minimum absolute atomic E-state index is 0. The van der Waals surface area contributed by atoms with Crippen LogP contribution in [0.4, 0.5) is 0 Å². The molecule has 0 aliphatic heterocycles. The standard InChI is InChI=1S/C18H22N2O2.H3N/c1-17(2)11-18(3,16(19)22)13-9-20(14(10-21)15(13)17)12-7-5-4-6-8-12;/h4-9,21H,10-11H2,1-3H3,(H2,19,22);1H3. The minimum Gasteiger partial charge on any atom is -0.390 e. The van der Waals surface area contributed by atoms with Crippen LogP contribution in [0.2, 0.25) is 0 Å². The second kappa shape index (κ2) is 5.51. The van der Waals surface area contributed by atoms with Gasteiger partial charge in [0.15, 0.2) is 0 Å². The topological polar surface area (TPSA) is 103 Å². The molecule has 0 saturated carbocycles. The first-order valence-electron chi connectivity index (χ1n) is 7.52. The molecule has 1 aliphatic carbocycles. The van der Waals surface area contributed by atoms with E-state index in [2.05, 4.69) is 13.8 Å². The number of amides is 1. The van der Waals surface area contributed by atoms with Gasteiger partial charge in [-0.3, -0.25) is 4.79 Å². The van der Waals surface area contributed by atoms with Gasteiger partial charge in [-0.15, -0.1) is 0 Å². The first kappa shape index (κ1) is 17.2. The Kier molecular flexibility index (Phi) is 4.13. The van der Waals surface area contributed by atoms with Crippen molar-refractivity contribution in [2.75, 3.05) is 0 Å². The molecule has 0 spiro atoms. The molecule has 0 bridgehead atoms. The average molecular weight is 315 g/mol. The molecule has 124 valence electrons. The number of aromatic nitrogens is 1. The number of aliphatic hydroxyl groups excluding tert-OH is 1. The van der Waals surface area contributed by atoms with Crippen LogP contribution in [0.15, 0.2) is 36.5 Å². The molecule has 1 amide bonds. The van der Waals surface area contributed by atoms with E-state index >= 15 is 0 Å². The molecule has 1 aliphatic rings. The summed E-state index contributed by atoms with van der Waals surface area (Å²) in [6.07, 6.45) is 2.64. The Balaban J connectivity index is 0.00000192. The second-order valence-electron chi connectivity index (χ2n) is 6.99. The van der Waals surface area contributed by atoms with Crippen LogP contribution in [0.25, 0.3) is 5.69 Å². The molecule has 3 rings (SSSR count). The molecule has 23 heavy (non-hydrogen) atoms. The van der Waals surface area contributed by atoms with Crippen LogP contribution in [0.1, 0.15) is 44.0 Å². The zero-order chi connectivity index (χ0) is 16.1. The van der Waals surface area contributed by atoms with Crippen molar-refractivity contribution in [3.8, 4) is 5.69 Å². The van der Waals surface area contributed by atoms with Gasteiger partial charge in [-0.25, -0.2) is 0 Å². The van der Waals surface area contributed by atoms with Crippen molar-refractivity contribution in [1.82, 2.24) is 10.7 Å². The summed E-state index contributed by atoms with van der Waals surface area (Å²) in [6, 6.07) is 9.85. The summed E-state index contributed by atoms with van der Waals surface area (Å²) in [6.45, 7) is 6.05. The Morgan fingerprint density at radius 1 is 1.26 bits per heavy atom. The number of hydrogen-bond donors (Lipinski definition) is 3. The van der Waals surface area contributed by atoms with Gasteiger partial charge in [0.05, 0.1) is 17.7 Å². The van der Waals surface area contributed by atoms with Crippen LogP contribution in [-0.2, 0) is 22.2 Å². The van der Waals surface area contributed by atoms with Gasteiger partial charge >= 0.3 is 0 Å². The van der Waals surface area contributed by atoms with Gasteiger partial charge in [-0.1, -0.05) is 32.0 Å². The number of para-hydroxylation sites is 1. The highest BCUT2D eigenvalue weighted by Gasteiger charge is 2.51. The van der Waals surface area contributed by atoms with Crippen molar-refractivity contribution in [1.29, 1.82) is 0 Å². The molecule has 1 unspecified atom stereocenters. The maximum atomic E-state index is 12.1. The predicted molar refractivity (Wildman–Crippen MR) is 90.9 cm³/mol. The van der Waals surface area contributed by atoms with Gasteiger partial charge in [0, 0.05) is 11.9 Å².